The van der Waals surface area contributed by atoms with E-state index in [0.717, 1.165) is 29.7 Å². The molecule has 1 aromatic carbocycles. The van der Waals surface area contributed by atoms with Crippen molar-refractivity contribution in [2.24, 2.45) is 0 Å². The summed E-state index contributed by atoms with van der Waals surface area (Å²) in [7, 11) is -1.90. The summed E-state index contributed by atoms with van der Waals surface area (Å²) in [5.74, 6) is 0.690. The molecule has 0 aliphatic rings. The zero-order valence-electron chi connectivity index (χ0n) is 15.0. The SMILES string of the molecule is CCCCN(C)S(=O)(=O)c1cc(-c2cc(C)no2)ccc1C(C)C. The van der Waals surface area contributed by atoms with E-state index in [4.69, 9.17) is 4.52 Å². The molecule has 2 aromatic rings. The Balaban J connectivity index is 2.53. The van der Waals surface area contributed by atoms with Gasteiger partial charge in [-0.05, 0) is 30.9 Å². The molecule has 24 heavy (non-hydrogen) atoms. The van der Waals surface area contributed by atoms with Gasteiger partial charge in [-0.3, -0.25) is 0 Å². The summed E-state index contributed by atoms with van der Waals surface area (Å²) in [6.07, 6.45) is 1.79. The van der Waals surface area contributed by atoms with Crippen molar-refractivity contribution in [2.45, 2.75) is 51.3 Å². The molecule has 0 radical (unpaired) electrons. The van der Waals surface area contributed by atoms with Gasteiger partial charge in [0.2, 0.25) is 10.0 Å². The molecular weight excluding hydrogens is 324 g/mol. The number of aryl methyl sites for hydroxylation is 1. The normalized spacial score (nSPS) is 12.3. The number of aromatic nitrogens is 1. The molecule has 1 heterocycles. The van der Waals surface area contributed by atoms with Crippen LogP contribution in [0.4, 0.5) is 0 Å². The molecule has 0 saturated heterocycles. The van der Waals surface area contributed by atoms with Gasteiger partial charge in [0.05, 0.1) is 10.6 Å². The van der Waals surface area contributed by atoms with E-state index in [1.165, 1.54) is 4.31 Å². The standard InChI is InChI=1S/C18H26N2O3S/c1-6-7-10-20(5)24(21,22)18-12-15(8-9-16(18)13(2)3)17-11-14(4)19-23-17/h8-9,11-13H,6-7,10H2,1-5H3. The highest BCUT2D eigenvalue weighted by Gasteiger charge is 2.25. The topological polar surface area (TPSA) is 63.4 Å². The van der Waals surface area contributed by atoms with Gasteiger partial charge in [-0.2, -0.15) is 0 Å². The Morgan fingerprint density at radius 1 is 1.25 bits per heavy atom. The van der Waals surface area contributed by atoms with Gasteiger partial charge < -0.3 is 4.52 Å². The minimum atomic E-state index is -3.54. The largest absolute Gasteiger partial charge is 0.356 e. The van der Waals surface area contributed by atoms with Crippen LogP contribution in [0, 0.1) is 6.92 Å². The van der Waals surface area contributed by atoms with Crippen LogP contribution < -0.4 is 0 Å². The second-order valence-electron chi connectivity index (χ2n) is 6.42. The van der Waals surface area contributed by atoms with Crippen molar-refractivity contribution in [3.8, 4) is 11.3 Å². The Kier molecular flexibility index (Phi) is 5.83. The number of rotatable bonds is 7. The van der Waals surface area contributed by atoms with Crippen LogP contribution in [0.1, 0.15) is 50.8 Å². The van der Waals surface area contributed by atoms with Crippen molar-refractivity contribution in [1.82, 2.24) is 9.46 Å². The van der Waals surface area contributed by atoms with Crippen molar-refractivity contribution in [3.63, 3.8) is 0 Å². The van der Waals surface area contributed by atoms with Gasteiger partial charge in [-0.1, -0.05) is 44.5 Å². The number of hydrogen-bond donors (Lipinski definition) is 0. The predicted molar refractivity (Wildman–Crippen MR) is 95.5 cm³/mol. The maximum atomic E-state index is 13.0. The van der Waals surface area contributed by atoms with Crippen LogP contribution in [-0.4, -0.2) is 31.5 Å². The summed E-state index contributed by atoms with van der Waals surface area (Å²) >= 11 is 0. The Morgan fingerprint density at radius 3 is 2.50 bits per heavy atom. The minimum Gasteiger partial charge on any atom is -0.356 e. The van der Waals surface area contributed by atoms with Gasteiger partial charge in [0.15, 0.2) is 5.76 Å². The Labute approximate surface area is 144 Å². The highest BCUT2D eigenvalue weighted by molar-refractivity contribution is 7.89. The fraction of sp³-hybridized carbons (Fsp3) is 0.500. The van der Waals surface area contributed by atoms with Crippen LogP contribution in [0.3, 0.4) is 0 Å². The monoisotopic (exact) mass is 350 g/mol. The van der Waals surface area contributed by atoms with Crippen molar-refractivity contribution in [1.29, 1.82) is 0 Å². The number of hydrogen-bond acceptors (Lipinski definition) is 4. The van der Waals surface area contributed by atoms with Gasteiger partial charge in [0, 0.05) is 25.2 Å². The van der Waals surface area contributed by atoms with E-state index in [1.54, 1.807) is 13.1 Å². The molecule has 2 rings (SSSR count). The Hall–Kier alpha value is -1.66. The smallest absolute Gasteiger partial charge is 0.243 e. The highest BCUT2D eigenvalue weighted by Crippen LogP contribution is 2.31. The molecule has 0 unspecified atom stereocenters. The lowest BCUT2D eigenvalue weighted by Crippen LogP contribution is -2.29. The summed E-state index contributed by atoms with van der Waals surface area (Å²) in [5.41, 5.74) is 2.31. The molecule has 1 aromatic heterocycles. The summed E-state index contributed by atoms with van der Waals surface area (Å²) < 4.78 is 32.8. The average Bonchev–Trinajstić information content (AvgIpc) is 2.98. The van der Waals surface area contributed by atoms with Gasteiger partial charge in [0.25, 0.3) is 0 Å². The van der Waals surface area contributed by atoms with Gasteiger partial charge in [-0.25, -0.2) is 12.7 Å². The van der Waals surface area contributed by atoms with E-state index in [2.05, 4.69) is 5.16 Å². The molecule has 0 saturated carbocycles. The second kappa shape index (κ2) is 7.49. The van der Waals surface area contributed by atoms with Crippen LogP contribution in [0.2, 0.25) is 0 Å². The first-order valence-corrected chi connectivity index (χ1v) is 9.75. The van der Waals surface area contributed by atoms with Crippen molar-refractivity contribution in [3.05, 3.63) is 35.5 Å². The Morgan fingerprint density at radius 2 is 1.96 bits per heavy atom. The maximum absolute atomic E-state index is 13.0. The van der Waals surface area contributed by atoms with E-state index in [0.29, 0.717) is 17.2 Å². The van der Waals surface area contributed by atoms with E-state index in [9.17, 15) is 8.42 Å². The molecule has 0 amide bonds. The van der Waals surface area contributed by atoms with Gasteiger partial charge in [0.1, 0.15) is 0 Å². The molecule has 5 nitrogen and oxygen atoms in total. The van der Waals surface area contributed by atoms with Crippen LogP contribution >= 0.6 is 0 Å². The lowest BCUT2D eigenvalue weighted by atomic mass is 10.0. The molecule has 0 aliphatic heterocycles. The molecular formula is C18H26N2O3S. The third-order valence-corrected chi connectivity index (χ3v) is 5.98. The summed E-state index contributed by atoms with van der Waals surface area (Å²) in [6, 6.07) is 7.27. The van der Waals surface area contributed by atoms with E-state index in [1.807, 2.05) is 45.9 Å². The summed E-state index contributed by atoms with van der Waals surface area (Å²) in [6.45, 7) is 8.40. The maximum Gasteiger partial charge on any atom is 0.243 e. The zero-order valence-corrected chi connectivity index (χ0v) is 15.9. The molecule has 0 atom stereocenters. The van der Waals surface area contributed by atoms with E-state index >= 15 is 0 Å². The highest BCUT2D eigenvalue weighted by atomic mass is 32.2. The lowest BCUT2D eigenvalue weighted by Gasteiger charge is -2.21. The Bertz CT molecular complexity index is 794. The number of benzene rings is 1. The molecule has 0 N–H and O–H groups in total. The number of unbranched alkanes of at least 4 members (excludes halogenated alkanes) is 1. The predicted octanol–water partition coefficient (Wildman–Crippen LogP) is 4.19. The van der Waals surface area contributed by atoms with Gasteiger partial charge in [-0.15, -0.1) is 0 Å². The molecule has 0 aliphatic carbocycles. The first kappa shape index (κ1) is 18.7. The van der Waals surface area contributed by atoms with Crippen molar-refractivity contribution >= 4 is 10.0 Å². The fourth-order valence-corrected chi connectivity index (χ4v) is 4.14. The van der Waals surface area contributed by atoms with Crippen molar-refractivity contribution < 1.29 is 12.9 Å². The zero-order chi connectivity index (χ0) is 17.9. The molecule has 6 heteroatoms. The van der Waals surface area contributed by atoms with E-state index < -0.39 is 10.0 Å². The first-order chi connectivity index (χ1) is 11.3. The van der Waals surface area contributed by atoms with Gasteiger partial charge >= 0.3 is 0 Å². The van der Waals surface area contributed by atoms with Crippen LogP contribution in [-0.2, 0) is 10.0 Å². The third kappa shape index (κ3) is 3.87. The fourth-order valence-electron chi connectivity index (χ4n) is 2.56. The molecule has 0 spiro atoms. The molecule has 0 fully saturated rings. The quantitative estimate of drug-likeness (QED) is 0.751. The van der Waals surface area contributed by atoms with E-state index in [-0.39, 0.29) is 5.92 Å². The number of sulfonamides is 1. The minimum absolute atomic E-state index is 0.111. The lowest BCUT2D eigenvalue weighted by molar-refractivity contribution is 0.427. The first-order valence-electron chi connectivity index (χ1n) is 8.31. The third-order valence-electron chi connectivity index (χ3n) is 4.06. The average molecular weight is 350 g/mol. The second-order valence-corrected chi connectivity index (χ2v) is 8.43. The summed E-state index contributed by atoms with van der Waals surface area (Å²) in [4.78, 5) is 0.350. The number of nitrogens with zero attached hydrogens (tertiary/aromatic N) is 2. The van der Waals surface area contributed by atoms with Crippen LogP contribution in [0.25, 0.3) is 11.3 Å². The van der Waals surface area contributed by atoms with Crippen LogP contribution in [0.15, 0.2) is 33.7 Å². The van der Waals surface area contributed by atoms with Crippen LogP contribution in [0.5, 0.6) is 0 Å². The molecule has 0 bridgehead atoms. The van der Waals surface area contributed by atoms with Crippen molar-refractivity contribution in [2.75, 3.05) is 13.6 Å². The summed E-state index contributed by atoms with van der Waals surface area (Å²) in [5, 5.41) is 3.88. The molecule has 132 valence electrons.